The van der Waals surface area contributed by atoms with Gasteiger partial charge in [0.05, 0.1) is 0 Å². The average Bonchev–Trinajstić information content (AvgIpc) is 3.92. The van der Waals surface area contributed by atoms with E-state index in [4.69, 9.17) is 5.73 Å². The Morgan fingerprint density at radius 2 is 1.38 bits per heavy atom. The molecule has 5 unspecified atom stereocenters. The van der Waals surface area contributed by atoms with E-state index in [1.807, 2.05) is 84.9 Å². The first kappa shape index (κ1) is 35.8. The molecule has 270 valence electrons. The molecule has 2 aliphatic heterocycles. The van der Waals surface area contributed by atoms with Gasteiger partial charge in [-0.05, 0) is 42.0 Å². The van der Waals surface area contributed by atoms with Crippen molar-refractivity contribution in [3.63, 3.8) is 0 Å². The molecule has 6 amide bonds. The molecule has 7 N–H and O–H groups in total. The van der Waals surface area contributed by atoms with Crippen molar-refractivity contribution in [1.29, 1.82) is 0 Å². The summed E-state index contributed by atoms with van der Waals surface area (Å²) < 4.78 is 0. The monoisotopic (exact) mass is 705 g/mol. The Morgan fingerprint density at radius 3 is 2.04 bits per heavy atom. The molecule has 52 heavy (non-hydrogen) atoms. The maximum atomic E-state index is 14.2. The summed E-state index contributed by atoms with van der Waals surface area (Å²) >= 11 is 0. The number of aromatic nitrogens is 1. The van der Waals surface area contributed by atoms with Gasteiger partial charge >= 0.3 is 0 Å². The highest BCUT2D eigenvalue weighted by molar-refractivity contribution is 5.97. The van der Waals surface area contributed by atoms with Gasteiger partial charge in [0.2, 0.25) is 35.4 Å². The van der Waals surface area contributed by atoms with Crippen LogP contribution in [0.2, 0.25) is 0 Å². The second kappa shape index (κ2) is 16.4. The Hall–Kier alpha value is -5.98. The first-order valence-electron chi connectivity index (χ1n) is 17.6. The van der Waals surface area contributed by atoms with E-state index in [0.29, 0.717) is 19.3 Å². The number of nitrogens with one attached hydrogen (secondary N) is 5. The SMILES string of the molecule is NC(=O)C(Cc1ccccc1)NC(=O)C(Cc1c[nH]c2ccccc12)NC(=O)C1CCCN1C(=O)C(Cc1ccccc1)NC(=O)C1CCC(=O)N1. The molecule has 4 aromatic rings. The first-order valence-corrected chi connectivity index (χ1v) is 17.6. The molecule has 0 saturated carbocycles. The third kappa shape index (κ3) is 8.66. The van der Waals surface area contributed by atoms with Crippen molar-refractivity contribution < 1.29 is 28.8 Å². The van der Waals surface area contributed by atoms with E-state index in [-0.39, 0.29) is 38.1 Å². The fourth-order valence-corrected chi connectivity index (χ4v) is 6.98. The van der Waals surface area contributed by atoms with Gasteiger partial charge in [-0.3, -0.25) is 28.8 Å². The molecular weight excluding hydrogens is 662 g/mol. The normalized spacial score (nSPS) is 18.6. The Kier molecular flexibility index (Phi) is 11.3. The van der Waals surface area contributed by atoms with E-state index < -0.39 is 59.7 Å². The van der Waals surface area contributed by atoms with Crippen molar-refractivity contribution in [2.75, 3.05) is 6.54 Å². The van der Waals surface area contributed by atoms with Gasteiger partial charge in [-0.25, -0.2) is 0 Å². The zero-order chi connectivity index (χ0) is 36.6. The molecule has 0 aliphatic carbocycles. The molecule has 0 spiro atoms. The van der Waals surface area contributed by atoms with Crippen molar-refractivity contribution in [1.82, 2.24) is 31.2 Å². The molecule has 2 aliphatic rings. The lowest BCUT2D eigenvalue weighted by molar-refractivity contribution is -0.142. The van der Waals surface area contributed by atoms with Crippen LogP contribution >= 0.6 is 0 Å². The summed E-state index contributed by atoms with van der Waals surface area (Å²) in [5, 5.41) is 12.0. The highest BCUT2D eigenvalue weighted by Crippen LogP contribution is 2.23. The Balaban J connectivity index is 1.22. The average molecular weight is 706 g/mol. The molecular formula is C39H43N7O6. The lowest BCUT2D eigenvalue weighted by Gasteiger charge is -2.30. The van der Waals surface area contributed by atoms with Crippen LogP contribution in [0.4, 0.5) is 0 Å². The van der Waals surface area contributed by atoms with Gasteiger partial charge in [0.15, 0.2) is 0 Å². The van der Waals surface area contributed by atoms with Gasteiger partial charge in [-0.15, -0.1) is 0 Å². The molecule has 13 nitrogen and oxygen atoms in total. The van der Waals surface area contributed by atoms with Crippen molar-refractivity contribution in [2.45, 2.75) is 75.2 Å². The molecule has 3 aromatic carbocycles. The maximum Gasteiger partial charge on any atom is 0.246 e. The quantitative estimate of drug-likeness (QED) is 0.115. The number of likely N-dealkylation sites (tertiary alicyclic amines) is 1. The van der Waals surface area contributed by atoms with Crippen LogP contribution in [0.3, 0.4) is 0 Å². The van der Waals surface area contributed by atoms with Crippen LogP contribution in [-0.4, -0.2) is 82.1 Å². The molecule has 2 saturated heterocycles. The number of H-pyrrole nitrogens is 1. The minimum absolute atomic E-state index is 0.0961. The van der Waals surface area contributed by atoms with Gasteiger partial charge in [0.1, 0.15) is 30.2 Å². The van der Waals surface area contributed by atoms with E-state index >= 15 is 0 Å². The number of hydrogen-bond donors (Lipinski definition) is 6. The number of nitrogens with two attached hydrogens (primary N) is 1. The molecule has 0 radical (unpaired) electrons. The molecule has 6 rings (SSSR count). The Bertz CT molecular complexity index is 1930. The van der Waals surface area contributed by atoms with Crippen LogP contribution in [0, 0.1) is 0 Å². The van der Waals surface area contributed by atoms with Crippen molar-refractivity contribution in [2.24, 2.45) is 5.73 Å². The maximum absolute atomic E-state index is 14.2. The number of nitrogens with zero attached hydrogens (tertiary/aromatic N) is 1. The standard InChI is InChI=1S/C39H43N7O6/c40-35(48)30(20-24-10-3-1-4-11-24)43-37(50)31(22-26-23-41-28-15-8-7-14-27(26)28)44-38(51)33-16-9-19-46(33)39(52)32(21-25-12-5-2-6-13-25)45-36(49)29-17-18-34(47)42-29/h1-8,10-15,23,29-33,41H,9,16-22H2,(H2,40,48)(H,42,47)(H,43,50)(H,44,51)(H,45,49). The largest absolute Gasteiger partial charge is 0.368 e. The van der Waals surface area contributed by atoms with Gasteiger partial charge < -0.3 is 36.9 Å². The summed E-state index contributed by atoms with van der Waals surface area (Å²) in [6.07, 6.45) is 3.66. The lowest BCUT2D eigenvalue weighted by atomic mass is 10.0. The summed E-state index contributed by atoms with van der Waals surface area (Å²) in [5.74, 6) is -2.97. The van der Waals surface area contributed by atoms with E-state index in [9.17, 15) is 28.8 Å². The highest BCUT2D eigenvalue weighted by Gasteiger charge is 2.40. The predicted molar refractivity (Wildman–Crippen MR) is 193 cm³/mol. The number of rotatable bonds is 14. The van der Waals surface area contributed by atoms with Crippen molar-refractivity contribution >= 4 is 46.3 Å². The fraction of sp³-hybridized carbons (Fsp3) is 0.333. The van der Waals surface area contributed by atoms with Crippen LogP contribution in [-0.2, 0) is 48.0 Å². The zero-order valence-corrected chi connectivity index (χ0v) is 28.7. The molecule has 13 heteroatoms. The summed E-state index contributed by atoms with van der Waals surface area (Å²) in [7, 11) is 0. The van der Waals surface area contributed by atoms with Crippen LogP contribution in [0.15, 0.2) is 91.1 Å². The number of fused-ring (bicyclic) bond motifs is 1. The zero-order valence-electron chi connectivity index (χ0n) is 28.7. The van der Waals surface area contributed by atoms with Crippen LogP contribution in [0.5, 0.6) is 0 Å². The molecule has 2 fully saturated rings. The van der Waals surface area contributed by atoms with Crippen molar-refractivity contribution in [3.05, 3.63) is 108 Å². The minimum atomic E-state index is -1.12. The van der Waals surface area contributed by atoms with E-state index in [1.165, 1.54) is 4.90 Å². The number of amides is 6. The smallest absolute Gasteiger partial charge is 0.246 e. The number of hydrogen-bond acceptors (Lipinski definition) is 6. The van der Waals surface area contributed by atoms with Gasteiger partial charge in [0, 0.05) is 49.3 Å². The summed E-state index contributed by atoms with van der Waals surface area (Å²) in [5.41, 5.74) is 8.97. The highest BCUT2D eigenvalue weighted by atomic mass is 16.2. The minimum Gasteiger partial charge on any atom is -0.368 e. The Labute approximate surface area is 301 Å². The molecule has 3 heterocycles. The number of para-hydroxylation sites is 1. The molecule has 5 atom stereocenters. The predicted octanol–water partition coefficient (Wildman–Crippen LogP) is 1.41. The van der Waals surface area contributed by atoms with E-state index in [0.717, 1.165) is 27.6 Å². The van der Waals surface area contributed by atoms with Gasteiger partial charge in [0.25, 0.3) is 0 Å². The third-order valence-corrected chi connectivity index (χ3v) is 9.72. The topological polar surface area (TPSA) is 196 Å². The summed E-state index contributed by atoms with van der Waals surface area (Å²) in [6, 6.07) is 21.2. The number of benzene rings is 3. The van der Waals surface area contributed by atoms with Gasteiger partial charge in [-0.2, -0.15) is 0 Å². The van der Waals surface area contributed by atoms with Crippen LogP contribution < -0.4 is 27.0 Å². The second-order valence-electron chi connectivity index (χ2n) is 13.4. The van der Waals surface area contributed by atoms with Gasteiger partial charge in [-0.1, -0.05) is 78.9 Å². The first-order chi connectivity index (χ1) is 25.2. The number of carbonyl (C=O) groups is 6. The molecule has 0 bridgehead atoms. The lowest BCUT2D eigenvalue weighted by Crippen LogP contribution is -2.59. The third-order valence-electron chi connectivity index (χ3n) is 9.72. The summed E-state index contributed by atoms with van der Waals surface area (Å²) in [6.45, 7) is 0.276. The van der Waals surface area contributed by atoms with E-state index in [2.05, 4.69) is 26.3 Å². The molecule has 1 aromatic heterocycles. The van der Waals surface area contributed by atoms with E-state index in [1.54, 1.807) is 6.20 Å². The number of aromatic amines is 1. The van der Waals surface area contributed by atoms with Crippen molar-refractivity contribution in [3.8, 4) is 0 Å². The summed E-state index contributed by atoms with van der Waals surface area (Å²) in [4.78, 5) is 84.4. The Morgan fingerprint density at radius 1 is 0.750 bits per heavy atom. The number of carbonyl (C=O) groups excluding carboxylic acids is 6. The van der Waals surface area contributed by atoms with Crippen LogP contribution in [0.1, 0.15) is 42.4 Å². The fourth-order valence-electron chi connectivity index (χ4n) is 6.98. The van der Waals surface area contributed by atoms with Crippen LogP contribution in [0.25, 0.3) is 10.9 Å². The number of primary amides is 1. The second-order valence-corrected chi connectivity index (χ2v) is 13.4.